The first-order chi connectivity index (χ1) is 15.2. The van der Waals surface area contributed by atoms with E-state index in [4.69, 9.17) is 18.6 Å². The number of furan rings is 1. The number of hydrogen-bond acceptors (Lipinski definition) is 6. The summed E-state index contributed by atoms with van der Waals surface area (Å²) in [5.74, 6) is -4.02. The van der Waals surface area contributed by atoms with E-state index in [1.165, 1.54) is 11.0 Å². The summed E-state index contributed by atoms with van der Waals surface area (Å²) in [5.41, 5.74) is -0.374. The molecule has 2 aromatic rings. The zero-order valence-electron chi connectivity index (χ0n) is 17.1. The van der Waals surface area contributed by atoms with Crippen molar-refractivity contribution >= 4 is 16.7 Å². The monoisotopic (exact) mass is 462 g/mol. The second-order valence-corrected chi connectivity index (χ2v) is 8.36. The van der Waals surface area contributed by atoms with E-state index in [9.17, 15) is 13.2 Å². The summed E-state index contributed by atoms with van der Waals surface area (Å²) in [5, 5.41) is 3.24. The molecule has 0 aliphatic carbocycles. The zero-order valence-corrected chi connectivity index (χ0v) is 17.1. The average Bonchev–Trinajstić information content (AvgIpc) is 3.28. The van der Waals surface area contributed by atoms with Crippen molar-refractivity contribution < 1.29 is 40.6 Å². The van der Waals surface area contributed by atoms with Gasteiger partial charge in [-0.25, -0.2) is 8.78 Å². The fourth-order valence-electron chi connectivity index (χ4n) is 4.65. The van der Waals surface area contributed by atoms with Crippen LogP contribution in [-0.2, 0) is 26.9 Å². The summed E-state index contributed by atoms with van der Waals surface area (Å²) in [6.07, 6.45) is -5.72. The van der Waals surface area contributed by atoms with Gasteiger partial charge in [0.25, 0.3) is 5.92 Å². The van der Waals surface area contributed by atoms with Crippen LogP contribution >= 0.6 is 0 Å². The molecule has 1 unspecified atom stereocenters. The van der Waals surface area contributed by atoms with Gasteiger partial charge in [0, 0.05) is 31.3 Å². The van der Waals surface area contributed by atoms with E-state index in [2.05, 4.69) is 5.32 Å². The van der Waals surface area contributed by atoms with Gasteiger partial charge in [-0.1, -0.05) is 0 Å². The summed E-state index contributed by atoms with van der Waals surface area (Å²) in [6, 6.07) is 3.11. The van der Waals surface area contributed by atoms with Gasteiger partial charge in [-0.2, -0.15) is 13.2 Å². The molecule has 5 rings (SSSR count). The Bertz CT molecular complexity index is 986. The largest absolute Gasteiger partial charge is 0.457 e. The van der Waals surface area contributed by atoms with Gasteiger partial charge in [-0.05, 0) is 18.2 Å². The van der Waals surface area contributed by atoms with Crippen molar-refractivity contribution in [3.63, 3.8) is 0 Å². The normalized spacial score (nSPS) is 24.2. The molecule has 3 aliphatic heterocycles. The third kappa shape index (κ3) is 3.95. The number of benzene rings is 1. The van der Waals surface area contributed by atoms with Gasteiger partial charge in [0.1, 0.15) is 17.4 Å². The van der Waals surface area contributed by atoms with Gasteiger partial charge in [-0.3, -0.25) is 0 Å². The predicted octanol–water partition coefficient (Wildman–Crippen LogP) is 3.92. The van der Waals surface area contributed by atoms with E-state index < -0.39 is 36.1 Å². The van der Waals surface area contributed by atoms with Crippen molar-refractivity contribution in [2.45, 2.75) is 43.4 Å². The summed E-state index contributed by atoms with van der Waals surface area (Å²) in [7, 11) is 0. The van der Waals surface area contributed by atoms with Crippen LogP contribution in [-0.4, -0.2) is 57.3 Å². The molecular weight excluding hydrogens is 439 g/mol. The lowest BCUT2D eigenvalue weighted by molar-refractivity contribution is -0.255. The van der Waals surface area contributed by atoms with E-state index in [1.807, 2.05) is 0 Å². The smallest absolute Gasteiger partial charge is 0.416 e. The quantitative estimate of drug-likeness (QED) is 0.698. The van der Waals surface area contributed by atoms with Crippen LogP contribution in [0.15, 0.2) is 22.6 Å². The molecule has 3 aliphatic rings. The molecule has 1 N–H and O–H groups in total. The maximum absolute atomic E-state index is 15.4. The lowest BCUT2D eigenvalue weighted by Crippen LogP contribution is -2.53. The Morgan fingerprint density at radius 1 is 1.09 bits per heavy atom. The van der Waals surface area contributed by atoms with Crippen molar-refractivity contribution in [1.82, 2.24) is 5.32 Å². The highest BCUT2D eigenvalue weighted by Crippen LogP contribution is 2.42. The van der Waals surface area contributed by atoms with Gasteiger partial charge in [0.05, 0.1) is 44.2 Å². The second kappa shape index (κ2) is 7.82. The summed E-state index contributed by atoms with van der Waals surface area (Å²) < 4.78 is 92.9. The summed E-state index contributed by atoms with van der Waals surface area (Å²) in [6.45, 7) is 0.840. The third-order valence-electron chi connectivity index (χ3n) is 6.20. The van der Waals surface area contributed by atoms with E-state index in [-0.39, 0.29) is 42.8 Å². The van der Waals surface area contributed by atoms with Crippen molar-refractivity contribution in [2.24, 2.45) is 0 Å². The molecule has 1 spiro atoms. The topological polar surface area (TPSA) is 56.1 Å². The molecule has 176 valence electrons. The molecule has 0 radical (unpaired) electrons. The highest BCUT2D eigenvalue weighted by molar-refractivity contribution is 5.93. The number of nitrogens with zero attached hydrogens (tertiary/aromatic N) is 1. The number of halogens is 5. The van der Waals surface area contributed by atoms with Crippen molar-refractivity contribution in [3.8, 4) is 0 Å². The summed E-state index contributed by atoms with van der Waals surface area (Å²) >= 11 is 0. The van der Waals surface area contributed by atoms with E-state index >= 15 is 8.78 Å². The van der Waals surface area contributed by atoms with Crippen LogP contribution in [0.25, 0.3) is 11.0 Å². The number of alkyl halides is 5. The van der Waals surface area contributed by atoms with Crippen molar-refractivity contribution in [3.05, 3.63) is 29.5 Å². The average molecular weight is 462 g/mol. The third-order valence-corrected chi connectivity index (χ3v) is 6.20. The molecule has 32 heavy (non-hydrogen) atoms. The van der Waals surface area contributed by atoms with Crippen LogP contribution in [0.4, 0.5) is 27.6 Å². The van der Waals surface area contributed by atoms with Crippen LogP contribution in [0.2, 0.25) is 0 Å². The Balaban J connectivity index is 1.46. The van der Waals surface area contributed by atoms with E-state index in [0.717, 1.165) is 12.1 Å². The SMILES string of the molecule is FC(F)(F)c1ccc2oc3c(c2c1)N(CC(F)(F)C1CC2(CCO1)OCCO2)CCNC3. The maximum atomic E-state index is 15.4. The van der Waals surface area contributed by atoms with Gasteiger partial charge >= 0.3 is 6.18 Å². The highest BCUT2D eigenvalue weighted by Gasteiger charge is 2.52. The molecule has 2 saturated heterocycles. The minimum absolute atomic E-state index is 0.0800. The minimum atomic E-state index is -4.55. The number of hydrogen-bond donors (Lipinski definition) is 1. The number of nitrogens with one attached hydrogen (secondary N) is 1. The zero-order chi connectivity index (χ0) is 22.6. The first-order valence-corrected chi connectivity index (χ1v) is 10.5. The molecule has 6 nitrogen and oxygen atoms in total. The fourth-order valence-corrected chi connectivity index (χ4v) is 4.65. The first kappa shape index (κ1) is 21.9. The molecule has 4 heterocycles. The summed E-state index contributed by atoms with van der Waals surface area (Å²) in [4.78, 5) is 1.39. The maximum Gasteiger partial charge on any atom is 0.416 e. The molecule has 0 saturated carbocycles. The molecular formula is C21H23F5N2O4. The number of anilines is 1. The highest BCUT2D eigenvalue weighted by atomic mass is 19.4. The standard InChI is InChI=1S/C21H23F5N2O4/c22-20(23,17-10-19(3-6-29-17)30-7-8-31-19)12-28-5-4-27-11-16-18(28)14-9-13(21(24,25)26)1-2-15(14)32-16/h1-2,9,17,27H,3-8,10-12H2. The van der Waals surface area contributed by atoms with Crippen LogP contribution < -0.4 is 10.2 Å². The Morgan fingerprint density at radius 2 is 1.88 bits per heavy atom. The lowest BCUT2D eigenvalue weighted by atomic mass is 9.97. The molecule has 0 bridgehead atoms. The minimum Gasteiger partial charge on any atom is -0.457 e. The van der Waals surface area contributed by atoms with Gasteiger partial charge in [0.2, 0.25) is 0 Å². The molecule has 2 fully saturated rings. The van der Waals surface area contributed by atoms with Gasteiger partial charge < -0.3 is 28.8 Å². The van der Waals surface area contributed by atoms with Crippen molar-refractivity contribution in [2.75, 3.05) is 44.4 Å². The van der Waals surface area contributed by atoms with Crippen LogP contribution in [0.3, 0.4) is 0 Å². The number of ether oxygens (including phenoxy) is 3. The Morgan fingerprint density at radius 3 is 2.62 bits per heavy atom. The van der Waals surface area contributed by atoms with Crippen LogP contribution in [0.1, 0.15) is 24.2 Å². The van der Waals surface area contributed by atoms with E-state index in [1.54, 1.807) is 0 Å². The Labute approximate surface area is 180 Å². The Hall–Kier alpha value is -1.95. The number of fused-ring (bicyclic) bond motifs is 3. The number of rotatable bonds is 3. The lowest BCUT2D eigenvalue weighted by Gasteiger charge is -2.40. The molecule has 1 aromatic heterocycles. The molecule has 1 atom stereocenters. The van der Waals surface area contributed by atoms with Crippen LogP contribution in [0, 0.1) is 0 Å². The van der Waals surface area contributed by atoms with Gasteiger partial charge in [0.15, 0.2) is 5.79 Å². The Kier molecular flexibility index (Phi) is 5.35. The second-order valence-electron chi connectivity index (χ2n) is 8.36. The predicted molar refractivity (Wildman–Crippen MR) is 104 cm³/mol. The molecule has 11 heteroatoms. The molecule has 1 aromatic carbocycles. The van der Waals surface area contributed by atoms with Crippen LogP contribution in [0.5, 0.6) is 0 Å². The van der Waals surface area contributed by atoms with Gasteiger partial charge in [-0.15, -0.1) is 0 Å². The molecule has 0 amide bonds. The first-order valence-electron chi connectivity index (χ1n) is 10.5. The fraction of sp³-hybridized carbons (Fsp3) is 0.619. The van der Waals surface area contributed by atoms with Crippen molar-refractivity contribution in [1.29, 1.82) is 0 Å². The van der Waals surface area contributed by atoms with E-state index in [0.29, 0.717) is 31.9 Å².